The molecule has 1 aromatic heterocycles. The predicted molar refractivity (Wildman–Crippen MR) is 192 cm³/mol. The van der Waals surface area contributed by atoms with Crippen LogP contribution >= 0.6 is 0 Å². The van der Waals surface area contributed by atoms with Gasteiger partial charge in [0.15, 0.2) is 6.71 Å². The van der Waals surface area contributed by atoms with Gasteiger partial charge >= 0.3 is 0 Å². The molecule has 0 saturated heterocycles. The van der Waals surface area contributed by atoms with Crippen LogP contribution in [0.25, 0.3) is 27.5 Å². The van der Waals surface area contributed by atoms with Crippen molar-refractivity contribution < 1.29 is 1010 Å². The number of fused-ring (bicyclic) bond motifs is 7. The Morgan fingerprint density at radius 1 is 0.273 bits per heavy atom. The molecule has 35 heteroatoms. The molecule has 0 bridgehead atoms. The fraction of sp³-hybridized carbons (Fsp3) is 0. The molecule has 3 nitrogen and oxygen atoms in total. The summed E-state index contributed by atoms with van der Waals surface area (Å²) >= 11 is 0. The maximum atomic E-state index is 3.43. The van der Waals surface area contributed by atoms with Crippen LogP contribution in [0.15, 0.2) is 158 Å². The van der Waals surface area contributed by atoms with E-state index in [4.69, 9.17) is 0 Å². The van der Waals surface area contributed by atoms with E-state index in [0.29, 0.717) is 0 Å². The Bertz CT molecular complexity index is 2360. The van der Waals surface area contributed by atoms with Gasteiger partial charge in [-0.2, -0.15) is 47.9 Å². The number of rotatable bonds is 3. The van der Waals surface area contributed by atoms with Gasteiger partial charge in [-0.3, -0.25) is 0 Å². The molecule has 0 N–H and O–H groups in total. The Morgan fingerprint density at radius 3 is 0.987 bits per heavy atom. The average Bonchev–Trinajstić information content (AvgIpc) is 3.46. The molecule has 0 amide bonds. The van der Waals surface area contributed by atoms with Crippen LogP contribution in [0, 0.1) is 12.1 Å². The first-order valence-corrected chi connectivity index (χ1v) is 15.7. The van der Waals surface area contributed by atoms with E-state index in [0.717, 1.165) is 22.7 Å². The van der Waals surface area contributed by atoms with E-state index in [1.165, 1.54) is 55.3 Å². The standard InChI is InChI=1S/C42H26BN3.31Y/c1-3-15-29(16-4-1)44-38-25-13-9-21-34(38)43-35-22-10-14-26-39(35)45(30-17-5-2-6-18-30)41-28-31(27-40(44)42(41)43)46-36-23-11-7-19-32(36)33-20-8-12-24-37(33)46;;;;;;;;;;;;;;;;;;;;;;;;;;;;;;;/h1-9,11-12,14-28H;;;;;;;;;;;;;;;;;;;;;;;;;;;;;;;/q-2;;;;;;;;;;;;;;;;;;;;;;;;;;;;;;;. The molecule has 0 unspecified atom stereocenters. The van der Waals surface area contributed by atoms with Crippen LogP contribution < -0.4 is 26.2 Å². The second-order valence-corrected chi connectivity index (χ2v) is 12.0. The van der Waals surface area contributed by atoms with E-state index in [9.17, 15) is 0 Å². The molecule has 0 fully saturated rings. The van der Waals surface area contributed by atoms with Gasteiger partial charge in [0, 0.05) is 1050 Å². The van der Waals surface area contributed by atoms with Gasteiger partial charge in [0.25, 0.3) is 0 Å². The Hall–Kier alpha value is 28.2. The van der Waals surface area contributed by atoms with Crippen LogP contribution in [0.1, 0.15) is 0 Å². The van der Waals surface area contributed by atoms with Gasteiger partial charge in [-0.15, -0.1) is 11.5 Å². The van der Waals surface area contributed by atoms with Gasteiger partial charge in [0.05, 0.1) is 16.7 Å². The van der Waals surface area contributed by atoms with Crippen molar-refractivity contribution in [2.45, 2.75) is 0 Å². The van der Waals surface area contributed by atoms with Crippen molar-refractivity contribution >= 4 is 79.0 Å². The number of hydrogen-bond donors (Lipinski definition) is 0. The van der Waals surface area contributed by atoms with Crippen molar-refractivity contribution in [2.75, 3.05) is 9.80 Å². The minimum absolute atomic E-state index is 0. The summed E-state index contributed by atoms with van der Waals surface area (Å²) in [5, 5.41) is 2.51. The van der Waals surface area contributed by atoms with E-state index in [2.05, 4.69) is 178 Å². The second-order valence-electron chi connectivity index (χ2n) is 12.0. The summed E-state index contributed by atoms with van der Waals surface area (Å²) in [6.45, 7) is 0.0502. The Labute approximate surface area is 1240 Å². The quantitative estimate of drug-likeness (QED) is 0.130. The molecule has 0 aliphatic carbocycles. The monoisotopic (exact) mass is 3340 g/mol. The molecule has 31 radical (unpaired) electrons. The maximum absolute atomic E-state index is 3.43. The number of aromatic nitrogens is 1. The van der Waals surface area contributed by atoms with E-state index in [1.54, 1.807) is 0 Å². The fourth-order valence-electron chi connectivity index (χ4n) is 7.79. The molecule has 0 atom stereocenters. The molecule has 2 aliphatic heterocycles. The SMILES string of the molecule is [Y].[Y].[Y].[Y].[Y].[Y].[Y].[Y].[Y].[Y].[Y].[Y].[Y].[Y].[Y].[Y].[Y].[Y].[Y].[Y].[Y].[Y].[Y].[Y].[Y].[Y].[Y].[Y].[Y].[Y].[Y].[c-]1ccc2c(c1)B1c3cc[c-]cc3N(c3ccccc3)c3cc(-n4c5ccccc5c5ccccc54)cc(c31)N2c1ccccc1. The third kappa shape index (κ3) is 44.6. The van der Waals surface area contributed by atoms with Crippen LogP contribution in [-0.2, 0) is 1010 Å². The van der Waals surface area contributed by atoms with Gasteiger partial charge in [-0.25, -0.2) is 0 Å². The van der Waals surface area contributed by atoms with Gasteiger partial charge in [0.2, 0.25) is 0 Å². The first-order valence-electron chi connectivity index (χ1n) is 15.7. The van der Waals surface area contributed by atoms with Crippen LogP contribution in [0.2, 0.25) is 0 Å². The molecule has 3 heterocycles. The molecular formula is C42H26BN3Y31-2. The second kappa shape index (κ2) is 91.4. The van der Waals surface area contributed by atoms with Crippen LogP contribution in [0.4, 0.5) is 34.1 Å². The van der Waals surface area contributed by atoms with Crippen molar-refractivity contribution in [3.63, 3.8) is 0 Å². The summed E-state index contributed by atoms with van der Waals surface area (Å²) in [5.74, 6) is 0. The molecule has 0 spiro atoms. The average molecular weight is 3340 g/mol. The minimum Gasteiger partial charge on any atom is -0.366 e. The first-order chi connectivity index (χ1) is 22.9. The number of hydrogen-bond acceptors (Lipinski definition) is 2. The molecule has 2 aliphatic rings. The van der Waals surface area contributed by atoms with E-state index >= 15 is 0 Å². The molecule has 8 aromatic rings. The molecular weight excluding hydrogens is 3310 g/mol. The van der Waals surface area contributed by atoms with Crippen molar-refractivity contribution in [1.29, 1.82) is 0 Å². The third-order valence-corrected chi connectivity index (χ3v) is 9.61. The zero-order valence-corrected chi connectivity index (χ0v) is 131. The normalized spacial score (nSPS) is 7.82. The molecule has 307 valence electrons. The third-order valence-electron chi connectivity index (χ3n) is 9.61. The van der Waals surface area contributed by atoms with Crippen molar-refractivity contribution in [3.05, 3.63) is 170 Å². The largest absolute Gasteiger partial charge is 0.366 e. The van der Waals surface area contributed by atoms with Crippen molar-refractivity contribution in [2.24, 2.45) is 0 Å². The van der Waals surface area contributed by atoms with Crippen LogP contribution in [0.3, 0.4) is 0 Å². The van der Waals surface area contributed by atoms with Gasteiger partial charge in [-0.05, 0) is 54.0 Å². The predicted octanol–water partition coefficient (Wildman–Crippen LogP) is 8.39. The number of anilines is 6. The van der Waals surface area contributed by atoms with E-state index in [-0.39, 0.29) is 1020 Å². The summed E-state index contributed by atoms with van der Waals surface area (Å²) in [7, 11) is 0. The Morgan fingerprint density at radius 2 is 0.597 bits per heavy atom. The summed E-state index contributed by atoms with van der Waals surface area (Å²) in [6.07, 6.45) is 0. The maximum Gasteiger partial charge on any atom is 0.157 e. The van der Waals surface area contributed by atoms with Gasteiger partial charge in [-0.1, -0.05) is 84.2 Å². The zero-order valence-electron chi connectivity index (χ0n) is 42.8. The van der Waals surface area contributed by atoms with E-state index < -0.39 is 0 Å². The Balaban J connectivity index is -0.0000000488. The van der Waals surface area contributed by atoms with Crippen molar-refractivity contribution in [3.8, 4) is 5.69 Å². The minimum atomic E-state index is 0. The zero-order chi connectivity index (χ0) is 30.2. The Kier molecular flexibility index (Phi) is 196. The smallest absolute Gasteiger partial charge is 0.157 e. The molecule has 77 heavy (non-hydrogen) atoms. The van der Waals surface area contributed by atoms with Gasteiger partial charge in [0.1, 0.15) is 0 Å². The van der Waals surface area contributed by atoms with E-state index in [1.807, 2.05) is 6.07 Å². The molecule has 7 aromatic carbocycles. The summed E-state index contributed by atoms with van der Waals surface area (Å²) in [6, 6.07) is 63.5. The topological polar surface area (TPSA) is 11.4 Å². The first kappa shape index (κ1) is 165. The molecule has 0 saturated carbocycles. The molecule has 10 rings (SSSR count). The van der Waals surface area contributed by atoms with Crippen LogP contribution in [-0.4, -0.2) is 11.3 Å². The summed E-state index contributed by atoms with van der Waals surface area (Å²) < 4.78 is 2.43. The van der Waals surface area contributed by atoms with Crippen LogP contribution in [0.5, 0.6) is 0 Å². The number of para-hydroxylation sites is 4. The number of nitrogens with zero attached hydrogens (tertiary/aromatic N) is 3. The van der Waals surface area contributed by atoms with Gasteiger partial charge < -0.3 is 14.4 Å². The summed E-state index contributed by atoms with van der Waals surface area (Å²) in [4.78, 5) is 4.87. The van der Waals surface area contributed by atoms with Crippen molar-refractivity contribution in [1.82, 2.24) is 4.57 Å². The summed E-state index contributed by atoms with van der Waals surface area (Å²) in [5.41, 5.74) is 14.3. The fourth-order valence-corrected chi connectivity index (χ4v) is 7.79. The number of benzene rings is 7.